The molecule has 0 radical (unpaired) electrons. The van der Waals surface area contributed by atoms with Gasteiger partial charge in [-0.15, -0.1) is 10.2 Å². The Morgan fingerprint density at radius 1 is 1.35 bits per heavy atom. The summed E-state index contributed by atoms with van der Waals surface area (Å²) in [6, 6.07) is 6.10. The molecule has 0 spiro atoms. The maximum atomic E-state index is 5.53. The van der Waals surface area contributed by atoms with E-state index in [-0.39, 0.29) is 0 Å². The summed E-state index contributed by atoms with van der Waals surface area (Å²) in [6.45, 7) is 0.434. The third-order valence-electron chi connectivity index (χ3n) is 2.61. The number of hydrogen-bond acceptors (Lipinski definition) is 5. The van der Waals surface area contributed by atoms with Crippen molar-refractivity contribution in [2.75, 3.05) is 0 Å². The van der Waals surface area contributed by atoms with Crippen LogP contribution in [-0.2, 0) is 13.6 Å². The van der Waals surface area contributed by atoms with Gasteiger partial charge in [0.15, 0.2) is 0 Å². The van der Waals surface area contributed by atoms with Crippen LogP contribution in [0.1, 0.15) is 5.01 Å². The second-order valence-electron chi connectivity index (χ2n) is 3.76. The molecule has 3 rings (SSSR count). The van der Waals surface area contributed by atoms with Crippen LogP contribution in [0.5, 0.6) is 0 Å². The Labute approximate surface area is 102 Å². The van der Waals surface area contributed by atoms with Crippen LogP contribution in [-0.4, -0.2) is 19.7 Å². The molecule has 0 atom stereocenters. The minimum atomic E-state index is 0.434. The molecule has 0 unspecified atom stereocenters. The molecule has 0 aliphatic carbocycles. The number of nitrogens with zero attached hydrogens (tertiary/aromatic N) is 4. The van der Waals surface area contributed by atoms with Crippen LogP contribution in [0, 0.1) is 0 Å². The Kier molecular flexibility index (Phi) is 2.38. The quantitative estimate of drug-likeness (QED) is 0.743. The van der Waals surface area contributed by atoms with Crippen molar-refractivity contribution in [1.82, 2.24) is 19.7 Å². The van der Waals surface area contributed by atoms with Gasteiger partial charge in [-0.3, -0.25) is 0 Å². The van der Waals surface area contributed by atoms with Gasteiger partial charge >= 0.3 is 0 Å². The van der Waals surface area contributed by atoms with Gasteiger partial charge in [0.25, 0.3) is 0 Å². The third-order valence-corrected chi connectivity index (χ3v) is 3.61. The summed E-state index contributed by atoms with van der Waals surface area (Å²) in [4.78, 5) is 4.33. The van der Waals surface area contributed by atoms with Gasteiger partial charge in [-0.25, -0.2) is 4.98 Å². The summed E-state index contributed by atoms with van der Waals surface area (Å²) in [5.41, 5.74) is 8.64. The highest BCUT2D eigenvalue weighted by Gasteiger charge is 2.07. The van der Waals surface area contributed by atoms with Crippen LogP contribution >= 0.6 is 11.3 Å². The number of aromatic nitrogens is 4. The zero-order valence-corrected chi connectivity index (χ0v) is 10.1. The lowest BCUT2D eigenvalue weighted by atomic mass is 10.2. The Morgan fingerprint density at radius 3 is 3.00 bits per heavy atom. The average Bonchev–Trinajstić information content (AvgIpc) is 2.96. The standard InChI is InChI=1S/C11H11N5S/c1-16-6-13-8-4-7(2-3-9(8)16)11-15-14-10(5-12)17-11/h2-4,6H,5,12H2,1H3. The van der Waals surface area contributed by atoms with Crippen LogP contribution in [0.25, 0.3) is 21.6 Å². The molecule has 3 aromatic rings. The predicted octanol–water partition coefficient (Wildman–Crippen LogP) is 1.55. The van der Waals surface area contributed by atoms with E-state index in [0.29, 0.717) is 6.54 Å². The maximum absolute atomic E-state index is 5.53. The number of imidazole rings is 1. The molecule has 0 amide bonds. The van der Waals surface area contributed by atoms with Crippen LogP contribution in [0.3, 0.4) is 0 Å². The second kappa shape index (κ2) is 3.90. The van der Waals surface area contributed by atoms with E-state index >= 15 is 0 Å². The molecular formula is C11H11N5S. The van der Waals surface area contributed by atoms with Gasteiger partial charge in [0, 0.05) is 19.2 Å². The zero-order valence-electron chi connectivity index (χ0n) is 9.29. The molecule has 2 aromatic heterocycles. The first-order chi connectivity index (χ1) is 8.28. The summed E-state index contributed by atoms with van der Waals surface area (Å²) >= 11 is 1.52. The highest BCUT2D eigenvalue weighted by atomic mass is 32.1. The topological polar surface area (TPSA) is 69.6 Å². The van der Waals surface area contributed by atoms with E-state index in [4.69, 9.17) is 5.73 Å². The fourth-order valence-electron chi connectivity index (χ4n) is 1.72. The monoisotopic (exact) mass is 245 g/mol. The maximum Gasteiger partial charge on any atom is 0.147 e. The van der Waals surface area contributed by atoms with Gasteiger partial charge in [0.2, 0.25) is 0 Å². The van der Waals surface area contributed by atoms with Crippen LogP contribution in [0.4, 0.5) is 0 Å². The predicted molar refractivity (Wildman–Crippen MR) is 67.5 cm³/mol. The lowest BCUT2D eigenvalue weighted by Crippen LogP contribution is -1.94. The first-order valence-corrected chi connectivity index (χ1v) is 6.03. The molecule has 17 heavy (non-hydrogen) atoms. The van der Waals surface area contributed by atoms with Gasteiger partial charge in [-0.05, 0) is 18.2 Å². The minimum Gasteiger partial charge on any atom is -0.334 e. The van der Waals surface area contributed by atoms with Crippen molar-refractivity contribution >= 4 is 22.4 Å². The fraction of sp³-hybridized carbons (Fsp3) is 0.182. The lowest BCUT2D eigenvalue weighted by molar-refractivity contribution is 0.947. The summed E-state index contributed by atoms with van der Waals surface area (Å²) in [6.07, 6.45) is 1.81. The number of nitrogens with two attached hydrogens (primary N) is 1. The largest absolute Gasteiger partial charge is 0.334 e. The summed E-state index contributed by atoms with van der Waals surface area (Å²) in [5.74, 6) is 0. The van der Waals surface area contributed by atoms with Crippen molar-refractivity contribution in [2.24, 2.45) is 12.8 Å². The molecule has 0 aliphatic heterocycles. The van der Waals surface area contributed by atoms with Crippen molar-refractivity contribution in [1.29, 1.82) is 0 Å². The fourth-order valence-corrected chi connectivity index (χ4v) is 2.44. The molecule has 0 aliphatic rings. The molecule has 0 saturated carbocycles. The molecule has 86 valence electrons. The number of aryl methyl sites for hydroxylation is 1. The summed E-state index contributed by atoms with van der Waals surface area (Å²) in [7, 11) is 1.98. The molecular weight excluding hydrogens is 234 g/mol. The van der Waals surface area contributed by atoms with Crippen LogP contribution < -0.4 is 5.73 Å². The van der Waals surface area contributed by atoms with E-state index in [1.807, 2.05) is 29.8 Å². The Hall–Kier alpha value is -1.79. The average molecular weight is 245 g/mol. The van der Waals surface area contributed by atoms with E-state index in [1.165, 1.54) is 11.3 Å². The van der Waals surface area contributed by atoms with Crippen molar-refractivity contribution in [3.8, 4) is 10.6 Å². The first-order valence-electron chi connectivity index (χ1n) is 5.22. The molecule has 1 aromatic carbocycles. The Bertz CT molecular complexity index is 669. The summed E-state index contributed by atoms with van der Waals surface area (Å²) < 4.78 is 1.99. The normalized spacial score (nSPS) is 11.2. The van der Waals surface area contributed by atoms with E-state index in [9.17, 15) is 0 Å². The second-order valence-corrected chi connectivity index (χ2v) is 4.83. The van der Waals surface area contributed by atoms with Crippen molar-refractivity contribution in [2.45, 2.75) is 6.54 Å². The van der Waals surface area contributed by atoms with E-state index in [0.717, 1.165) is 26.6 Å². The highest BCUT2D eigenvalue weighted by molar-refractivity contribution is 7.14. The number of fused-ring (bicyclic) bond motifs is 1. The van der Waals surface area contributed by atoms with Gasteiger partial charge in [-0.2, -0.15) is 0 Å². The van der Waals surface area contributed by atoms with Gasteiger partial charge in [0.1, 0.15) is 10.0 Å². The first kappa shape index (κ1) is 10.4. The van der Waals surface area contributed by atoms with Crippen molar-refractivity contribution in [3.05, 3.63) is 29.5 Å². The van der Waals surface area contributed by atoms with Crippen LogP contribution in [0.15, 0.2) is 24.5 Å². The van der Waals surface area contributed by atoms with E-state index in [1.54, 1.807) is 6.33 Å². The minimum absolute atomic E-state index is 0.434. The molecule has 0 bridgehead atoms. The number of benzene rings is 1. The van der Waals surface area contributed by atoms with Gasteiger partial charge in [-0.1, -0.05) is 11.3 Å². The third kappa shape index (κ3) is 1.71. The van der Waals surface area contributed by atoms with Gasteiger partial charge < -0.3 is 10.3 Å². The van der Waals surface area contributed by atoms with Crippen molar-refractivity contribution in [3.63, 3.8) is 0 Å². The van der Waals surface area contributed by atoms with Crippen LogP contribution in [0.2, 0.25) is 0 Å². The van der Waals surface area contributed by atoms with Crippen molar-refractivity contribution < 1.29 is 0 Å². The van der Waals surface area contributed by atoms with E-state index in [2.05, 4.69) is 15.2 Å². The molecule has 2 N–H and O–H groups in total. The Morgan fingerprint density at radius 2 is 2.24 bits per heavy atom. The van der Waals surface area contributed by atoms with E-state index < -0.39 is 0 Å². The molecule has 5 nitrogen and oxygen atoms in total. The number of hydrogen-bond donors (Lipinski definition) is 1. The summed E-state index contributed by atoms with van der Waals surface area (Å²) in [5, 5.41) is 9.87. The highest BCUT2D eigenvalue weighted by Crippen LogP contribution is 2.26. The lowest BCUT2D eigenvalue weighted by Gasteiger charge is -1.97. The molecule has 2 heterocycles. The molecule has 6 heteroatoms. The molecule has 0 fully saturated rings. The Balaban J connectivity index is 2.11. The SMILES string of the molecule is Cn1cnc2cc(-c3nnc(CN)s3)ccc21. The zero-order chi connectivity index (χ0) is 11.8. The van der Waals surface area contributed by atoms with Gasteiger partial charge in [0.05, 0.1) is 17.4 Å². The number of rotatable bonds is 2. The molecule has 0 saturated heterocycles. The smallest absolute Gasteiger partial charge is 0.147 e.